The molecule has 0 fully saturated rings. The van der Waals surface area contributed by atoms with Crippen molar-refractivity contribution in [2.24, 2.45) is 13.0 Å². The largest absolute Gasteiger partial charge is 0.383 e. The van der Waals surface area contributed by atoms with Crippen LogP contribution in [-0.2, 0) is 18.3 Å². The number of hydrogen-bond acceptors (Lipinski definition) is 5. The number of aromatic nitrogens is 4. The van der Waals surface area contributed by atoms with Crippen molar-refractivity contribution >= 4 is 6.03 Å². The van der Waals surface area contributed by atoms with Crippen molar-refractivity contribution in [2.75, 3.05) is 20.3 Å². The van der Waals surface area contributed by atoms with Crippen LogP contribution in [0, 0.1) is 5.92 Å². The maximum atomic E-state index is 12.9. The predicted molar refractivity (Wildman–Crippen MR) is 93.6 cm³/mol. The van der Waals surface area contributed by atoms with Crippen LogP contribution in [0.15, 0.2) is 30.9 Å². The molecule has 0 spiro atoms. The average molecular weight is 346 g/mol. The first-order valence-electron chi connectivity index (χ1n) is 8.30. The lowest BCUT2D eigenvalue weighted by atomic mass is 10.0. The molecule has 1 atom stereocenters. The Morgan fingerprint density at radius 2 is 2.08 bits per heavy atom. The van der Waals surface area contributed by atoms with E-state index < -0.39 is 0 Å². The quantitative estimate of drug-likeness (QED) is 0.787. The van der Waals surface area contributed by atoms with Gasteiger partial charge < -0.3 is 15.0 Å². The van der Waals surface area contributed by atoms with Gasteiger partial charge in [-0.1, -0.05) is 13.8 Å². The van der Waals surface area contributed by atoms with E-state index in [1.54, 1.807) is 29.1 Å². The molecule has 0 aliphatic rings. The molecule has 0 bridgehead atoms. The lowest BCUT2D eigenvalue weighted by Crippen LogP contribution is -2.44. The molecule has 2 aromatic rings. The van der Waals surface area contributed by atoms with Gasteiger partial charge in [-0.3, -0.25) is 9.67 Å². The monoisotopic (exact) mass is 346 g/mol. The molecule has 2 rings (SSSR count). The number of methoxy groups -OCH3 is 1. The summed E-state index contributed by atoms with van der Waals surface area (Å²) < 4.78 is 6.83. The third-order valence-electron chi connectivity index (χ3n) is 3.95. The van der Waals surface area contributed by atoms with E-state index in [0.717, 1.165) is 11.4 Å². The summed E-state index contributed by atoms with van der Waals surface area (Å²) in [6.07, 6.45) is 4.94. The second-order valence-corrected chi connectivity index (χ2v) is 6.18. The van der Waals surface area contributed by atoms with Crippen molar-refractivity contribution < 1.29 is 9.53 Å². The Hall–Kier alpha value is -2.48. The fourth-order valence-corrected chi connectivity index (χ4v) is 2.50. The standard InChI is InChI=1S/C17H26N6O2/c1-13(2)15(16-19-12-20-22(16)3)21-17(24)23(9-10-25-4)11-14-5-7-18-8-6-14/h5-8,12-13,15H,9-11H2,1-4H3,(H,21,24). The molecule has 1 unspecified atom stereocenters. The van der Waals surface area contributed by atoms with Crippen molar-refractivity contribution in [3.63, 3.8) is 0 Å². The molecule has 2 aromatic heterocycles. The number of carbonyl (C=O) groups is 1. The van der Waals surface area contributed by atoms with E-state index in [1.807, 2.05) is 33.0 Å². The van der Waals surface area contributed by atoms with Gasteiger partial charge in [-0.2, -0.15) is 5.10 Å². The number of pyridine rings is 1. The Labute approximate surface area is 148 Å². The molecule has 8 nitrogen and oxygen atoms in total. The molecule has 1 N–H and O–H groups in total. The minimum absolute atomic E-state index is 0.157. The topological polar surface area (TPSA) is 85.2 Å². The summed E-state index contributed by atoms with van der Waals surface area (Å²) in [4.78, 5) is 22.9. The number of hydrogen-bond donors (Lipinski definition) is 1. The summed E-state index contributed by atoms with van der Waals surface area (Å²) in [5, 5.41) is 7.18. The molecule has 0 aliphatic heterocycles. The Morgan fingerprint density at radius 3 is 2.64 bits per heavy atom. The van der Waals surface area contributed by atoms with Crippen molar-refractivity contribution in [2.45, 2.75) is 26.4 Å². The molecule has 2 amide bonds. The van der Waals surface area contributed by atoms with E-state index in [1.165, 1.54) is 6.33 Å². The molecular weight excluding hydrogens is 320 g/mol. The zero-order valence-electron chi connectivity index (χ0n) is 15.2. The summed E-state index contributed by atoms with van der Waals surface area (Å²) in [6, 6.07) is 3.42. The van der Waals surface area contributed by atoms with Crippen LogP contribution in [0.5, 0.6) is 0 Å². The van der Waals surface area contributed by atoms with Gasteiger partial charge in [0.2, 0.25) is 0 Å². The summed E-state index contributed by atoms with van der Waals surface area (Å²) in [5.74, 6) is 0.913. The van der Waals surface area contributed by atoms with Crippen LogP contribution in [0.4, 0.5) is 4.79 Å². The van der Waals surface area contributed by atoms with E-state index >= 15 is 0 Å². The van der Waals surface area contributed by atoms with E-state index in [0.29, 0.717) is 19.7 Å². The van der Waals surface area contributed by atoms with Crippen LogP contribution < -0.4 is 5.32 Å². The van der Waals surface area contributed by atoms with Gasteiger partial charge >= 0.3 is 6.03 Å². The molecule has 136 valence electrons. The highest BCUT2D eigenvalue weighted by atomic mass is 16.5. The van der Waals surface area contributed by atoms with Crippen molar-refractivity contribution in [1.29, 1.82) is 0 Å². The maximum absolute atomic E-state index is 12.9. The molecule has 0 aliphatic carbocycles. The van der Waals surface area contributed by atoms with Gasteiger partial charge in [0.1, 0.15) is 12.2 Å². The van der Waals surface area contributed by atoms with Gasteiger partial charge in [0.15, 0.2) is 0 Å². The third-order valence-corrected chi connectivity index (χ3v) is 3.95. The maximum Gasteiger partial charge on any atom is 0.318 e. The van der Waals surface area contributed by atoms with Gasteiger partial charge in [0.25, 0.3) is 0 Å². The van der Waals surface area contributed by atoms with E-state index in [-0.39, 0.29) is 18.0 Å². The van der Waals surface area contributed by atoms with Crippen LogP contribution in [0.2, 0.25) is 0 Å². The number of nitrogens with one attached hydrogen (secondary N) is 1. The minimum Gasteiger partial charge on any atom is -0.383 e. The van der Waals surface area contributed by atoms with Gasteiger partial charge in [0.05, 0.1) is 12.6 Å². The predicted octanol–water partition coefficient (Wildman–Crippen LogP) is 1.77. The Kier molecular flexibility index (Phi) is 6.88. The Balaban J connectivity index is 2.12. The first kappa shape index (κ1) is 18.9. The zero-order valence-corrected chi connectivity index (χ0v) is 15.2. The number of ether oxygens (including phenoxy) is 1. The second-order valence-electron chi connectivity index (χ2n) is 6.18. The van der Waals surface area contributed by atoms with Crippen LogP contribution in [0.3, 0.4) is 0 Å². The average Bonchev–Trinajstić information content (AvgIpc) is 3.02. The summed E-state index contributed by atoms with van der Waals surface area (Å²) >= 11 is 0. The SMILES string of the molecule is COCCN(Cc1ccncc1)C(=O)NC(c1ncnn1C)C(C)C. The van der Waals surface area contributed by atoms with E-state index in [4.69, 9.17) is 4.74 Å². The lowest BCUT2D eigenvalue weighted by Gasteiger charge is -2.28. The van der Waals surface area contributed by atoms with Crippen molar-refractivity contribution in [3.8, 4) is 0 Å². The zero-order chi connectivity index (χ0) is 18.2. The van der Waals surface area contributed by atoms with Crippen LogP contribution in [0.1, 0.15) is 31.3 Å². The van der Waals surface area contributed by atoms with Gasteiger partial charge in [-0.15, -0.1) is 0 Å². The second kappa shape index (κ2) is 9.12. The van der Waals surface area contributed by atoms with Crippen LogP contribution in [0.25, 0.3) is 0 Å². The van der Waals surface area contributed by atoms with Crippen molar-refractivity contribution in [3.05, 3.63) is 42.2 Å². The molecule has 0 saturated heterocycles. The first-order valence-corrected chi connectivity index (χ1v) is 8.30. The molecular formula is C17H26N6O2. The van der Waals surface area contributed by atoms with Gasteiger partial charge in [0, 0.05) is 39.6 Å². The van der Waals surface area contributed by atoms with Crippen LogP contribution in [-0.4, -0.2) is 50.9 Å². The van der Waals surface area contributed by atoms with Gasteiger partial charge in [-0.25, -0.2) is 9.78 Å². The fourth-order valence-electron chi connectivity index (χ4n) is 2.50. The van der Waals surface area contributed by atoms with Gasteiger partial charge in [-0.05, 0) is 23.6 Å². The third kappa shape index (κ3) is 5.25. The van der Waals surface area contributed by atoms with E-state index in [2.05, 4.69) is 20.4 Å². The Morgan fingerprint density at radius 1 is 1.36 bits per heavy atom. The Bertz CT molecular complexity index is 658. The molecule has 0 radical (unpaired) electrons. The molecule has 25 heavy (non-hydrogen) atoms. The summed E-state index contributed by atoms with van der Waals surface area (Å²) in [6.45, 7) is 5.54. The van der Waals surface area contributed by atoms with Crippen molar-refractivity contribution in [1.82, 2.24) is 30.0 Å². The highest BCUT2D eigenvalue weighted by molar-refractivity contribution is 5.74. The highest BCUT2D eigenvalue weighted by Crippen LogP contribution is 2.19. The molecule has 8 heteroatoms. The van der Waals surface area contributed by atoms with Crippen LogP contribution >= 0.6 is 0 Å². The highest BCUT2D eigenvalue weighted by Gasteiger charge is 2.25. The fraction of sp³-hybridized carbons (Fsp3) is 0.529. The molecule has 0 saturated carbocycles. The summed E-state index contributed by atoms with van der Waals surface area (Å²) in [5.41, 5.74) is 1.01. The van der Waals surface area contributed by atoms with E-state index in [9.17, 15) is 4.79 Å². The number of aryl methyl sites for hydroxylation is 1. The smallest absolute Gasteiger partial charge is 0.318 e. The first-order chi connectivity index (χ1) is 12.0. The molecule has 2 heterocycles. The minimum atomic E-state index is -0.220. The number of amides is 2. The summed E-state index contributed by atoms with van der Waals surface area (Å²) in [7, 11) is 3.45. The lowest BCUT2D eigenvalue weighted by molar-refractivity contribution is 0.142. The number of urea groups is 1. The molecule has 0 aromatic carbocycles. The number of nitrogens with zero attached hydrogens (tertiary/aromatic N) is 5. The number of carbonyl (C=O) groups excluding carboxylic acids is 1. The normalized spacial score (nSPS) is 12.2. The number of rotatable bonds is 8.